The first kappa shape index (κ1) is 19.0. The smallest absolute Gasteiger partial charge is 0.251 e. The lowest BCUT2D eigenvalue weighted by Crippen LogP contribution is -2.27. The van der Waals surface area contributed by atoms with Gasteiger partial charge in [-0.15, -0.1) is 0 Å². The van der Waals surface area contributed by atoms with Gasteiger partial charge in [0.15, 0.2) is 0 Å². The molecule has 1 N–H and O–H groups in total. The van der Waals surface area contributed by atoms with Crippen molar-refractivity contribution >= 4 is 44.8 Å². The Bertz CT molecular complexity index is 961. The monoisotopic (exact) mass is 412 g/mol. The first-order valence-corrected chi connectivity index (χ1v) is 10.7. The molecule has 1 heterocycles. The maximum atomic E-state index is 12.4. The third-order valence-corrected chi connectivity index (χ3v) is 6.06. The van der Waals surface area contributed by atoms with Gasteiger partial charge in [-0.2, -0.15) is 0 Å². The van der Waals surface area contributed by atoms with Crippen LogP contribution in [0.15, 0.2) is 36.4 Å². The topological polar surface area (TPSA) is 66.5 Å². The summed E-state index contributed by atoms with van der Waals surface area (Å²) in [7, 11) is -3.29. The molecular formula is C18H18Cl2N2O3S. The summed E-state index contributed by atoms with van der Waals surface area (Å²) in [5.41, 5.74) is 2.94. The van der Waals surface area contributed by atoms with E-state index in [9.17, 15) is 13.2 Å². The minimum atomic E-state index is -3.29. The van der Waals surface area contributed by atoms with E-state index in [1.165, 1.54) is 10.6 Å². The van der Waals surface area contributed by atoms with Crippen LogP contribution in [0.25, 0.3) is 0 Å². The molecule has 2 aromatic rings. The van der Waals surface area contributed by atoms with E-state index in [1.807, 2.05) is 6.07 Å². The summed E-state index contributed by atoms with van der Waals surface area (Å²) in [6, 6.07) is 10.4. The molecule has 0 bridgehead atoms. The number of anilines is 1. The Labute approximate surface area is 163 Å². The fourth-order valence-electron chi connectivity index (χ4n) is 2.99. The molecule has 2 aromatic carbocycles. The molecule has 1 aliphatic rings. The first-order chi connectivity index (χ1) is 12.3. The summed E-state index contributed by atoms with van der Waals surface area (Å²) in [6.45, 7) is 0.848. The summed E-state index contributed by atoms with van der Waals surface area (Å²) in [5.74, 6) is -0.198. The Kier molecular flexibility index (Phi) is 5.46. The van der Waals surface area contributed by atoms with E-state index < -0.39 is 10.0 Å². The SMILES string of the molecule is CS(=O)(=O)N1CCc2cc(C(=O)NCCc3ccc(Cl)cc3Cl)ccc21. The van der Waals surface area contributed by atoms with Gasteiger partial charge in [-0.3, -0.25) is 9.10 Å². The van der Waals surface area contributed by atoms with Gasteiger partial charge < -0.3 is 5.32 Å². The maximum Gasteiger partial charge on any atom is 0.251 e. The zero-order chi connectivity index (χ0) is 18.9. The van der Waals surface area contributed by atoms with Crippen molar-refractivity contribution in [1.29, 1.82) is 0 Å². The number of carbonyl (C=O) groups excluding carboxylic acids is 1. The van der Waals surface area contributed by atoms with Gasteiger partial charge in [0.1, 0.15) is 0 Å². The molecule has 0 spiro atoms. The molecule has 8 heteroatoms. The molecule has 0 saturated heterocycles. The Hall–Kier alpha value is -1.76. The molecule has 26 heavy (non-hydrogen) atoms. The Morgan fingerprint density at radius 1 is 1.19 bits per heavy atom. The zero-order valence-electron chi connectivity index (χ0n) is 14.1. The number of hydrogen-bond acceptors (Lipinski definition) is 3. The van der Waals surface area contributed by atoms with Gasteiger partial charge in [0.25, 0.3) is 5.91 Å². The number of halogens is 2. The van der Waals surface area contributed by atoms with Crippen molar-refractivity contribution in [2.75, 3.05) is 23.7 Å². The molecule has 0 atom stereocenters. The van der Waals surface area contributed by atoms with Crippen molar-refractivity contribution in [3.63, 3.8) is 0 Å². The molecule has 0 saturated carbocycles. The van der Waals surface area contributed by atoms with Gasteiger partial charge in [-0.25, -0.2) is 8.42 Å². The van der Waals surface area contributed by atoms with E-state index in [0.717, 1.165) is 11.1 Å². The summed E-state index contributed by atoms with van der Waals surface area (Å²) < 4.78 is 24.9. The second-order valence-electron chi connectivity index (χ2n) is 6.17. The summed E-state index contributed by atoms with van der Waals surface area (Å²) >= 11 is 12.0. The van der Waals surface area contributed by atoms with Gasteiger partial charge in [-0.1, -0.05) is 29.3 Å². The van der Waals surface area contributed by atoms with Crippen LogP contribution >= 0.6 is 23.2 Å². The third-order valence-electron chi connectivity index (χ3n) is 4.29. The molecule has 1 aliphatic heterocycles. The number of rotatable bonds is 5. The fourth-order valence-corrected chi connectivity index (χ4v) is 4.46. The van der Waals surface area contributed by atoms with Crippen LogP contribution in [-0.4, -0.2) is 33.7 Å². The van der Waals surface area contributed by atoms with Crippen LogP contribution in [0.5, 0.6) is 0 Å². The number of nitrogens with zero attached hydrogens (tertiary/aromatic N) is 1. The number of nitrogens with one attached hydrogen (secondary N) is 1. The second-order valence-corrected chi connectivity index (χ2v) is 8.92. The molecule has 138 valence electrons. The number of carbonyl (C=O) groups is 1. The van der Waals surface area contributed by atoms with E-state index in [-0.39, 0.29) is 5.91 Å². The second kappa shape index (κ2) is 7.47. The largest absolute Gasteiger partial charge is 0.352 e. The molecule has 1 amide bonds. The van der Waals surface area contributed by atoms with Gasteiger partial charge in [0.05, 0.1) is 11.9 Å². The van der Waals surface area contributed by atoms with Crippen molar-refractivity contribution in [3.8, 4) is 0 Å². The summed E-state index contributed by atoms with van der Waals surface area (Å²) in [5, 5.41) is 4.01. The maximum absolute atomic E-state index is 12.4. The van der Waals surface area contributed by atoms with Crippen molar-refractivity contribution in [2.45, 2.75) is 12.8 Å². The highest BCUT2D eigenvalue weighted by atomic mass is 35.5. The molecule has 3 rings (SSSR count). The zero-order valence-corrected chi connectivity index (χ0v) is 16.5. The minimum Gasteiger partial charge on any atom is -0.352 e. The number of fused-ring (bicyclic) bond motifs is 1. The molecule has 0 aromatic heterocycles. The van der Waals surface area contributed by atoms with Crippen LogP contribution in [0, 0.1) is 0 Å². The van der Waals surface area contributed by atoms with Gasteiger partial charge in [0, 0.05) is 28.7 Å². The summed E-state index contributed by atoms with van der Waals surface area (Å²) in [6.07, 6.45) is 2.38. The summed E-state index contributed by atoms with van der Waals surface area (Å²) in [4.78, 5) is 12.4. The third kappa shape index (κ3) is 4.14. The minimum absolute atomic E-state index is 0.198. The van der Waals surface area contributed by atoms with Crippen LogP contribution < -0.4 is 9.62 Å². The standard InChI is InChI=1S/C18H18Cl2N2O3S/c1-26(24,25)22-9-7-13-10-14(3-5-17(13)22)18(23)21-8-6-12-2-4-15(19)11-16(12)20/h2-5,10-11H,6-9H2,1H3,(H,21,23). The lowest BCUT2D eigenvalue weighted by molar-refractivity contribution is 0.0954. The van der Waals surface area contributed by atoms with Crippen molar-refractivity contribution in [3.05, 3.63) is 63.1 Å². The average molecular weight is 413 g/mol. The molecule has 0 fully saturated rings. The highest BCUT2D eigenvalue weighted by Gasteiger charge is 2.26. The van der Waals surface area contributed by atoms with Crippen molar-refractivity contribution in [1.82, 2.24) is 5.32 Å². The van der Waals surface area contributed by atoms with Crippen molar-refractivity contribution in [2.24, 2.45) is 0 Å². The predicted molar refractivity (Wildman–Crippen MR) is 105 cm³/mol. The molecule has 0 radical (unpaired) electrons. The van der Waals surface area contributed by atoms with Crippen LogP contribution in [0.1, 0.15) is 21.5 Å². The predicted octanol–water partition coefficient (Wildman–Crippen LogP) is 3.29. The van der Waals surface area contributed by atoms with E-state index in [1.54, 1.807) is 30.3 Å². The quantitative estimate of drug-likeness (QED) is 0.818. The molecule has 0 unspecified atom stereocenters. The van der Waals surface area contributed by atoms with E-state index >= 15 is 0 Å². The molecule has 5 nitrogen and oxygen atoms in total. The fraction of sp³-hybridized carbons (Fsp3) is 0.278. The lowest BCUT2D eigenvalue weighted by atomic mass is 10.1. The number of amides is 1. The highest BCUT2D eigenvalue weighted by molar-refractivity contribution is 7.92. The highest BCUT2D eigenvalue weighted by Crippen LogP contribution is 2.30. The number of hydrogen-bond donors (Lipinski definition) is 1. The van der Waals surface area contributed by atoms with Crippen molar-refractivity contribution < 1.29 is 13.2 Å². The Morgan fingerprint density at radius 2 is 1.96 bits per heavy atom. The Morgan fingerprint density at radius 3 is 2.65 bits per heavy atom. The Balaban J connectivity index is 1.64. The van der Waals surface area contributed by atoms with Crippen LogP contribution in [0.3, 0.4) is 0 Å². The number of benzene rings is 2. The van der Waals surface area contributed by atoms with E-state index in [4.69, 9.17) is 23.2 Å². The van der Waals surface area contributed by atoms with Crippen LogP contribution in [0.2, 0.25) is 10.0 Å². The normalized spacial score (nSPS) is 13.6. The molecule has 0 aliphatic carbocycles. The average Bonchev–Trinajstić information content (AvgIpc) is 3.00. The molecular weight excluding hydrogens is 395 g/mol. The van der Waals surface area contributed by atoms with Gasteiger partial charge >= 0.3 is 0 Å². The van der Waals surface area contributed by atoms with E-state index in [2.05, 4.69) is 5.32 Å². The van der Waals surface area contributed by atoms with E-state index in [0.29, 0.717) is 47.2 Å². The van der Waals surface area contributed by atoms with Gasteiger partial charge in [-0.05, 0) is 54.3 Å². The lowest BCUT2D eigenvalue weighted by Gasteiger charge is -2.16. The first-order valence-electron chi connectivity index (χ1n) is 8.08. The van der Waals surface area contributed by atoms with Crippen LogP contribution in [-0.2, 0) is 22.9 Å². The number of sulfonamides is 1. The van der Waals surface area contributed by atoms with Crippen LogP contribution in [0.4, 0.5) is 5.69 Å². The van der Waals surface area contributed by atoms with Gasteiger partial charge in [0.2, 0.25) is 10.0 Å².